The Balaban J connectivity index is 2.71. The fourth-order valence-corrected chi connectivity index (χ4v) is 1.76. The first-order chi connectivity index (χ1) is 6.95. The Morgan fingerprint density at radius 2 is 2.07 bits per heavy atom. The van der Waals surface area contributed by atoms with E-state index in [0.29, 0.717) is 15.2 Å². The van der Waals surface area contributed by atoms with Crippen molar-refractivity contribution in [2.24, 2.45) is 0 Å². The van der Waals surface area contributed by atoms with E-state index in [4.69, 9.17) is 21.6 Å². The van der Waals surface area contributed by atoms with Crippen LogP contribution in [0, 0.1) is 0 Å². The minimum Gasteiger partial charge on any atom is -0.378 e. The van der Waals surface area contributed by atoms with E-state index >= 15 is 0 Å². The Morgan fingerprint density at radius 3 is 2.60 bits per heavy atom. The molecule has 1 saturated heterocycles. The van der Waals surface area contributed by atoms with Crippen molar-refractivity contribution in [2.75, 3.05) is 6.66 Å². The third-order valence-electron chi connectivity index (χ3n) is 2.88. The molecule has 0 N–H and O–H groups in total. The first-order valence-electron chi connectivity index (χ1n) is 5.00. The van der Waals surface area contributed by atoms with Gasteiger partial charge in [-0.1, -0.05) is 6.08 Å². The maximum absolute atomic E-state index is 5.76. The third kappa shape index (κ3) is 2.85. The van der Waals surface area contributed by atoms with Crippen LogP contribution in [0.15, 0.2) is 12.1 Å². The van der Waals surface area contributed by atoms with Gasteiger partial charge >= 0.3 is 7.32 Å². The summed E-state index contributed by atoms with van der Waals surface area (Å²) in [5, 5.41) is 0. The average molecular weight is 226 g/mol. The molecule has 15 heavy (non-hydrogen) atoms. The first-order valence-corrected chi connectivity index (χ1v) is 6.41. The lowest BCUT2D eigenvalue weighted by Gasteiger charge is -2.35. The van der Waals surface area contributed by atoms with Gasteiger partial charge in [-0.15, -0.1) is 5.98 Å². The molecule has 0 aromatic rings. The summed E-state index contributed by atoms with van der Waals surface area (Å²) in [5.41, 5.74) is -0.774. The smallest absolute Gasteiger partial charge is 0.378 e. The second-order valence-electron chi connectivity index (χ2n) is 4.22. The van der Waals surface area contributed by atoms with Crippen LogP contribution in [0.2, 0.25) is 0 Å². The van der Waals surface area contributed by atoms with Gasteiger partial charge in [0.1, 0.15) is 7.85 Å². The molecule has 2 atom stereocenters. The molecule has 2 unspecified atom stereocenters. The molecule has 0 aromatic carbocycles. The lowest BCUT2D eigenvalue weighted by molar-refractivity contribution is -0.00673. The highest BCUT2D eigenvalue weighted by Crippen LogP contribution is 2.41. The molecule has 0 saturated carbocycles. The van der Waals surface area contributed by atoms with Crippen molar-refractivity contribution in [3.8, 4) is 0 Å². The highest BCUT2D eigenvalue weighted by atomic mass is 31.1. The van der Waals surface area contributed by atoms with Crippen LogP contribution in [0.1, 0.15) is 27.2 Å². The van der Waals surface area contributed by atoms with Gasteiger partial charge in [-0.25, -0.2) is 0 Å². The minimum atomic E-state index is -0.556. The molecule has 1 fully saturated rings. The second-order valence-corrected chi connectivity index (χ2v) is 4.86. The van der Waals surface area contributed by atoms with Crippen LogP contribution in [0.25, 0.3) is 0 Å². The van der Waals surface area contributed by atoms with E-state index in [1.807, 2.05) is 33.5 Å². The summed E-state index contributed by atoms with van der Waals surface area (Å²) in [5.74, 6) is 1.53. The van der Waals surface area contributed by atoms with E-state index in [0.717, 1.165) is 0 Å². The molecule has 0 bridgehead atoms. The summed E-state index contributed by atoms with van der Waals surface area (Å²) in [6.07, 6.45) is 2.59. The van der Waals surface area contributed by atoms with Crippen LogP contribution < -0.4 is 0 Å². The number of hydrogen-bond donors (Lipinski definition) is 0. The molecule has 1 aliphatic rings. The van der Waals surface area contributed by atoms with E-state index in [-0.39, 0.29) is 5.60 Å². The summed E-state index contributed by atoms with van der Waals surface area (Å²) < 4.78 is 16.8. The maximum atomic E-state index is 5.76. The average Bonchev–Trinajstić information content (AvgIpc) is 2.35. The summed E-state index contributed by atoms with van der Waals surface area (Å²) in [6.45, 7) is 7.95. The molecule has 0 aliphatic carbocycles. The van der Waals surface area contributed by atoms with Gasteiger partial charge in [0.15, 0.2) is 0 Å². The van der Waals surface area contributed by atoms with Crippen LogP contribution in [0.4, 0.5) is 0 Å². The fraction of sp³-hybridized carbons (Fsp3) is 0.778. The molecule has 0 amide bonds. The molecule has 0 aromatic heterocycles. The molecule has 82 valence electrons. The van der Waals surface area contributed by atoms with Crippen LogP contribution in [0.3, 0.4) is 0 Å². The first kappa shape index (κ1) is 13.2. The normalized spacial score (nSPS) is 31.1. The Kier molecular flexibility index (Phi) is 4.42. The molecule has 1 aliphatic heterocycles. The Hall–Kier alpha value is 0.180. The van der Waals surface area contributed by atoms with Crippen molar-refractivity contribution in [2.45, 2.75) is 38.4 Å². The third-order valence-corrected chi connectivity index (χ3v) is 3.31. The molecule has 6 heteroatoms. The van der Waals surface area contributed by atoms with E-state index in [9.17, 15) is 0 Å². The highest BCUT2D eigenvalue weighted by Gasteiger charge is 2.54. The summed E-state index contributed by atoms with van der Waals surface area (Å²) >= 11 is 0. The Morgan fingerprint density at radius 1 is 1.40 bits per heavy atom. The maximum Gasteiger partial charge on any atom is 0.643 e. The largest absolute Gasteiger partial charge is 0.643 e. The number of rotatable bonds is 4. The molecular weight excluding hydrogens is 209 g/mol. The van der Waals surface area contributed by atoms with E-state index in [1.54, 1.807) is 0 Å². The topological polar surface area (TPSA) is 27.7 Å². The predicted octanol–water partition coefficient (Wildman–Crippen LogP) is 1.87. The highest BCUT2D eigenvalue weighted by molar-refractivity contribution is 7.32. The van der Waals surface area contributed by atoms with Crippen LogP contribution >= 0.6 is 8.81 Å². The summed E-state index contributed by atoms with van der Waals surface area (Å²) in [6, 6.07) is 0. The molecule has 1 heterocycles. The second kappa shape index (κ2) is 5.01. The van der Waals surface area contributed by atoms with Gasteiger partial charge in [0.05, 0.1) is 11.2 Å². The summed E-state index contributed by atoms with van der Waals surface area (Å²) in [7, 11) is 5.14. The van der Waals surface area contributed by atoms with Crippen molar-refractivity contribution >= 4 is 24.0 Å². The molecule has 1 rings (SSSR count). The molecule has 2 radical (unpaired) electrons. The quantitative estimate of drug-likeness (QED) is 0.540. The lowest BCUT2D eigenvalue weighted by Crippen LogP contribution is -2.44. The SMILES string of the molecule is [B]/C=C/CC1(C)OB(OPC)OC1(C)C. The van der Waals surface area contributed by atoms with Gasteiger partial charge in [0.2, 0.25) is 0 Å². The molecular formula is C9H17B2O3P. The molecule has 0 spiro atoms. The van der Waals surface area contributed by atoms with Gasteiger partial charge in [-0.2, -0.15) is 0 Å². The minimum absolute atomic E-state index is 0.353. The zero-order valence-electron chi connectivity index (χ0n) is 9.74. The van der Waals surface area contributed by atoms with Crippen molar-refractivity contribution in [1.29, 1.82) is 0 Å². The van der Waals surface area contributed by atoms with Crippen LogP contribution in [0.5, 0.6) is 0 Å². The van der Waals surface area contributed by atoms with Gasteiger partial charge in [-0.3, -0.25) is 0 Å². The monoisotopic (exact) mass is 226 g/mol. The summed E-state index contributed by atoms with van der Waals surface area (Å²) in [4.78, 5) is 0. The Bertz CT molecular complexity index is 248. The van der Waals surface area contributed by atoms with E-state index in [1.165, 1.54) is 5.98 Å². The zero-order valence-corrected chi connectivity index (χ0v) is 10.7. The van der Waals surface area contributed by atoms with Gasteiger partial charge in [0.25, 0.3) is 0 Å². The van der Waals surface area contributed by atoms with Crippen LogP contribution in [-0.2, 0) is 13.7 Å². The van der Waals surface area contributed by atoms with Crippen molar-refractivity contribution in [3.05, 3.63) is 12.1 Å². The predicted molar refractivity (Wildman–Crippen MR) is 65.2 cm³/mol. The zero-order chi connectivity index (χ0) is 11.5. The van der Waals surface area contributed by atoms with Gasteiger partial charge in [-0.05, 0) is 42.7 Å². The standard InChI is InChI=1S/C9H17B2O3P/c1-8(2)9(3,6-5-7-10)13-11(12-8)14-15-4/h5,7,15H,6H2,1-4H3/b7-5+. The van der Waals surface area contributed by atoms with Crippen LogP contribution in [-0.4, -0.2) is 33.0 Å². The molecule has 3 nitrogen and oxygen atoms in total. The van der Waals surface area contributed by atoms with E-state index < -0.39 is 12.9 Å². The number of hydrogen-bond acceptors (Lipinski definition) is 3. The van der Waals surface area contributed by atoms with Crippen molar-refractivity contribution < 1.29 is 13.7 Å². The van der Waals surface area contributed by atoms with Gasteiger partial charge < -0.3 is 13.7 Å². The van der Waals surface area contributed by atoms with E-state index in [2.05, 4.69) is 0 Å². The Labute approximate surface area is 95.4 Å². The van der Waals surface area contributed by atoms with Crippen molar-refractivity contribution in [3.63, 3.8) is 0 Å². The lowest BCUT2D eigenvalue weighted by atomic mass is 9.84. The van der Waals surface area contributed by atoms with Crippen molar-refractivity contribution in [1.82, 2.24) is 0 Å². The van der Waals surface area contributed by atoms with Gasteiger partial charge in [0, 0.05) is 0 Å². The fourth-order valence-electron chi connectivity index (χ4n) is 1.47.